The Bertz CT molecular complexity index is 795. The highest BCUT2D eigenvalue weighted by atomic mass is 16.4. The maximum Gasteiger partial charge on any atom is 0.335 e. The number of hydrogen-bond acceptors (Lipinski definition) is 3. The Morgan fingerprint density at radius 2 is 1.78 bits per heavy atom. The van der Waals surface area contributed by atoms with Crippen molar-refractivity contribution in [1.82, 2.24) is 5.32 Å². The van der Waals surface area contributed by atoms with Gasteiger partial charge in [0.15, 0.2) is 0 Å². The molecule has 1 saturated heterocycles. The molecule has 2 aromatic carbocycles. The van der Waals surface area contributed by atoms with Gasteiger partial charge in [-0.3, -0.25) is 4.79 Å². The molecule has 1 heterocycles. The average Bonchev–Trinajstić information content (AvgIpc) is 2.69. The standard InChI is InChI=1S/C22H26N2O3/c1-16(19-6-5-7-20(15-19)24-12-3-2-4-13-24)23-21(25)14-17-8-10-18(11-9-17)22(26)27/h5-11,15-16H,2-4,12-14H2,1H3,(H,23,25)(H,26,27). The molecular formula is C22H26N2O3. The van der Waals surface area contributed by atoms with Crippen LogP contribution in [0.15, 0.2) is 48.5 Å². The van der Waals surface area contributed by atoms with Crippen LogP contribution in [0.2, 0.25) is 0 Å². The van der Waals surface area contributed by atoms with E-state index in [9.17, 15) is 9.59 Å². The van der Waals surface area contributed by atoms with Crippen LogP contribution >= 0.6 is 0 Å². The van der Waals surface area contributed by atoms with Crippen LogP contribution < -0.4 is 10.2 Å². The molecule has 0 spiro atoms. The Morgan fingerprint density at radius 1 is 1.07 bits per heavy atom. The predicted octanol–water partition coefficient (Wildman–Crippen LogP) is 3.80. The number of rotatable bonds is 6. The molecule has 0 radical (unpaired) electrons. The molecule has 5 nitrogen and oxygen atoms in total. The Kier molecular flexibility index (Phi) is 6.12. The minimum absolute atomic E-state index is 0.0750. The van der Waals surface area contributed by atoms with Crippen LogP contribution in [0.4, 0.5) is 5.69 Å². The molecule has 0 bridgehead atoms. The number of nitrogens with zero attached hydrogens (tertiary/aromatic N) is 1. The Morgan fingerprint density at radius 3 is 2.44 bits per heavy atom. The van der Waals surface area contributed by atoms with E-state index in [-0.39, 0.29) is 23.9 Å². The van der Waals surface area contributed by atoms with Gasteiger partial charge in [0.25, 0.3) is 0 Å². The lowest BCUT2D eigenvalue weighted by Crippen LogP contribution is -2.30. The van der Waals surface area contributed by atoms with Crippen molar-refractivity contribution in [3.8, 4) is 0 Å². The molecule has 27 heavy (non-hydrogen) atoms. The molecule has 2 N–H and O–H groups in total. The first-order chi connectivity index (χ1) is 13.0. The number of aromatic carboxylic acids is 1. The molecule has 1 atom stereocenters. The zero-order valence-corrected chi connectivity index (χ0v) is 15.6. The predicted molar refractivity (Wildman–Crippen MR) is 106 cm³/mol. The summed E-state index contributed by atoms with van der Waals surface area (Å²) in [7, 11) is 0. The number of carboxylic acid groups (broad SMARTS) is 1. The van der Waals surface area contributed by atoms with E-state index < -0.39 is 5.97 Å². The van der Waals surface area contributed by atoms with Crippen molar-refractivity contribution in [3.05, 3.63) is 65.2 Å². The van der Waals surface area contributed by atoms with Crippen molar-refractivity contribution in [3.63, 3.8) is 0 Å². The highest BCUT2D eigenvalue weighted by Crippen LogP contribution is 2.23. The molecule has 1 amide bonds. The lowest BCUT2D eigenvalue weighted by molar-refractivity contribution is -0.121. The van der Waals surface area contributed by atoms with Crippen molar-refractivity contribution in [2.75, 3.05) is 18.0 Å². The van der Waals surface area contributed by atoms with Crippen molar-refractivity contribution < 1.29 is 14.7 Å². The summed E-state index contributed by atoms with van der Waals surface area (Å²) in [4.78, 5) is 25.7. The normalized spacial score (nSPS) is 15.2. The van der Waals surface area contributed by atoms with Gasteiger partial charge in [0.05, 0.1) is 18.0 Å². The zero-order valence-electron chi connectivity index (χ0n) is 15.6. The Balaban J connectivity index is 1.60. The Labute approximate surface area is 160 Å². The van der Waals surface area contributed by atoms with Crippen LogP contribution in [0.1, 0.15) is 53.7 Å². The van der Waals surface area contributed by atoms with E-state index in [2.05, 4.69) is 22.3 Å². The summed E-state index contributed by atoms with van der Waals surface area (Å²) < 4.78 is 0. The van der Waals surface area contributed by atoms with Gasteiger partial charge in [0.2, 0.25) is 5.91 Å². The highest BCUT2D eigenvalue weighted by Gasteiger charge is 2.14. The van der Waals surface area contributed by atoms with Gasteiger partial charge in [-0.2, -0.15) is 0 Å². The first-order valence-electron chi connectivity index (χ1n) is 9.49. The fourth-order valence-corrected chi connectivity index (χ4v) is 3.47. The number of amides is 1. The van der Waals surface area contributed by atoms with E-state index >= 15 is 0 Å². The van der Waals surface area contributed by atoms with E-state index in [1.165, 1.54) is 37.1 Å². The van der Waals surface area contributed by atoms with Crippen molar-refractivity contribution >= 4 is 17.6 Å². The second-order valence-electron chi connectivity index (χ2n) is 7.11. The molecule has 3 rings (SSSR count). The van der Waals surface area contributed by atoms with Crippen LogP contribution in [0.5, 0.6) is 0 Å². The zero-order chi connectivity index (χ0) is 19.2. The third kappa shape index (κ3) is 5.09. The van der Waals surface area contributed by atoms with Gasteiger partial charge in [0, 0.05) is 18.8 Å². The Hall–Kier alpha value is -2.82. The molecule has 1 aliphatic rings. The van der Waals surface area contributed by atoms with Crippen molar-refractivity contribution in [2.45, 2.75) is 38.6 Å². The number of carboxylic acids is 1. The van der Waals surface area contributed by atoms with E-state index in [4.69, 9.17) is 5.11 Å². The molecule has 1 unspecified atom stereocenters. The summed E-state index contributed by atoms with van der Waals surface area (Å²) in [6, 6.07) is 14.7. The van der Waals surface area contributed by atoms with Gasteiger partial charge in [0.1, 0.15) is 0 Å². The van der Waals surface area contributed by atoms with Crippen molar-refractivity contribution in [1.29, 1.82) is 0 Å². The van der Waals surface area contributed by atoms with Gasteiger partial charge >= 0.3 is 5.97 Å². The second kappa shape index (κ2) is 8.71. The summed E-state index contributed by atoms with van der Waals surface area (Å²) in [5, 5.41) is 12.0. The van der Waals surface area contributed by atoms with E-state index in [0.29, 0.717) is 0 Å². The number of carbonyl (C=O) groups is 2. The van der Waals surface area contributed by atoms with Crippen LogP contribution in [-0.2, 0) is 11.2 Å². The smallest absolute Gasteiger partial charge is 0.335 e. The van der Waals surface area contributed by atoms with Gasteiger partial charge in [-0.05, 0) is 61.6 Å². The maximum absolute atomic E-state index is 12.4. The summed E-state index contributed by atoms with van der Waals surface area (Å²) in [5.41, 5.74) is 3.33. The number of carbonyl (C=O) groups excluding carboxylic acids is 1. The molecule has 2 aromatic rings. The van der Waals surface area contributed by atoms with Gasteiger partial charge in [-0.25, -0.2) is 4.79 Å². The molecule has 0 aromatic heterocycles. The topological polar surface area (TPSA) is 69.6 Å². The molecule has 142 valence electrons. The monoisotopic (exact) mass is 366 g/mol. The molecule has 1 aliphatic heterocycles. The van der Waals surface area contributed by atoms with Crippen LogP contribution in [0.25, 0.3) is 0 Å². The molecule has 0 saturated carbocycles. The van der Waals surface area contributed by atoms with Gasteiger partial charge < -0.3 is 15.3 Å². The third-order valence-electron chi connectivity index (χ3n) is 5.03. The van der Waals surface area contributed by atoms with E-state index in [1.807, 2.05) is 19.1 Å². The fourth-order valence-electron chi connectivity index (χ4n) is 3.47. The molecular weight excluding hydrogens is 340 g/mol. The van der Waals surface area contributed by atoms with E-state index in [0.717, 1.165) is 24.2 Å². The molecule has 0 aliphatic carbocycles. The number of benzene rings is 2. The number of piperidine rings is 1. The first kappa shape index (κ1) is 19.0. The largest absolute Gasteiger partial charge is 0.478 e. The van der Waals surface area contributed by atoms with Gasteiger partial charge in [-0.1, -0.05) is 24.3 Å². The molecule has 5 heteroatoms. The van der Waals surface area contributed by atoms with Crippen molar-refractivity contribution in [2.24, 2.45) is 0 Å². The highest BCUT2D eigenvalue weighted by molar-refractivity contribution is 5.87. The van der Waals surface area contributed by atoms with Crippen LogP contribution in [-0.4, -0.2) is 30.1 Å². The average molecular weight is 366 g/mol. The summed E-state index contributed by atoms with van der Waals surface area (Å²) >= 11 is 0. The minimum Gasteiger partial charge on any atom is -0.478 e. The van der Waals surface area contributed by atoms with Gasteiger partial charge in [-0.15, -0.1) is 0 Å². The number of anilines is 1. The quantitative estimate of drug-likeness (QED) is 0.816. The van der Waals surface area contributed by atoms with E-state index in [1.54, 1.807) is 12.1 Å². The maximum atomic E-state index is 12.4. The minimum atomic E-state index is -0.965. The summed E-state index contributed by atoms with van der Waals surface area (Å²) in [6.07, 6.45) is 4.00. The summed E-state index contributed by atoms with van der Waals surface area (Å²) in [6.45, 7) is 4.17. The summed E-state index contributed by atoms with van der Waals surface area (Å²) in [5.74, 6) is -1.04. The third-order valence-corrected chi connectivity index (χ3v) is 5.03. The van der Waals surface area contributed by atoms with Crippen LogP contribution in [0, 0.1) is 0 Å². The first-order valence-corrected chi connectivity index (χ1v) is 9.49. The lowest BCUT2D eigenvalue weighted by Gasteiger charge is -2.29. The SMILES string of the molecule is CC(NC(=O)Cc1ccc(C(=O)O)cc1)c1cccc(N2CCCCC2)c1. The number of nitrogens with one attached hydrogen (secondary N) is 1. The fraction of sp³-hybridized carbons (Fsp3) is 0.364. The number of hydrogen-bond donors (Lipinski definition) is 2. The molecule has 1 fully saturated rings. The van der Waals surface area contributed by atoms with Crippen LogP contribution in [0.3, 0.4) is 0 Å². The second-order valence-corrected chi connectivity index (χ2v) is 7.11. The lowest BCUT2D eigenvalue weighted by atomic mass is 10.0.